The first kappa shape index (κ1) is 6.75. The van der Waals surface area contributed by atoms with Gasteiger partial charge < -0.3 is 4.90 Å². The van der Waals surface area contributed by atoms with Crippen molar-refractivity contribution in [2.24, 2.45) is 0 Å². The number of hydrogen-bond donors (Lipinski definition) is 1. The predicted molar refractivity (Wildman–Crippen MR) is 35.5 cm³/mol. The number of likely N-dealkylation sites (tertiary alicyclic amines) is 1. The van der Waals surface area contributed by atoms with Gasteiger partial charge in [-0.1, -0.05) is 0 Å². The summed E-state index contributed by atoms with van der Waals surface area (Å²) in [4.78, 5) is 12.3. The quantitative estimate of drug-likeness (QED) is 0.455. The molecular formula is C7H14NO+. The summed E-state index contributed by atoms with van der Waals surface area (Å²) in [5.41, 5.74) is 0. The van der Waals surface area contributed by atoms with Gasteiger partial charge in [0.15, 0.2) is 0 Å². The SMILES string of the molecule is CC1CC(=O)CC[NH+]1C. The molecule has 1 aliphatic rings. The maximum absolute atomic E-state index is 10.8. The highest BCUT2D eigenvalue weighted by atomic mass is 16.1. The molecule has 1 rings (SSSR count). The smallest absolute Gasteiger partial charge is 0.144 e. The summed E-state index contributed by atoms with van der Waals surface area (Å²) >= 11 is 0. The molecule has 9 heavy (non-hydrogen) atoms. The van der Waals surface area contributed by atoms with E-state index in [9.17, 15) is 4.79 Å². The van der Waals surface area contributed by atoms with Crippen LogP contribution >= 0.6 is 0 Å². The Morgan fingerprint density at radius 1 is 1.67 bits per heavy atom. The second kappa shape index (κ2) is 2.48. The Balaban J connectivity index is 2.44. The summed E-state index contributed by atoms with van der Waals surface area (Å²) in [5.74, 6) is 0.438. The highest BCUT2D eigenvalue weighted by Crippen LogP contribution is 1.96. The summed E-state index contributed by atoms with van der Waals surface area (Å²) < 4.78 is 0. The third-order valence-corrected chi connectivity index (χ3v) is 2.17. The molecule has 0 amide bonds. The van der Waals surface area contributed by atoms with Gasteiger partial charge in [0.25, 0.3) is 0 Å². The van der Waals surface area contributed by atoms with Crippen molar-refractivity contribution in [2.75, 3.05) is 13.6 Å². The van der Waals surface area contributed by atoms with Crippen LogP contribution in [0.15, 0.2) is 0 Å². The molecule has 0 aromatic heterocycles. The van der Waals surface area contributed by atoms with E-state index in [1.807, 2.05) is 0 Å². The summed E-state index contributed by atoms with van der Waals surface area (Å²) in [6.45, 7) is 3.16. The fourth-order valence-corrected chi connectivity index (χ4v) is 1.20. The van der Waals surface area contributed by atoms with Crippen LogP contribution in [0.3, 0.4) is 0 Å². The van der Waals surface area contributed by atoms with E-state index in [1.54, 1.807) is 0 Å². The summed E-state index contributed by atoms with van der Waals surface area (Å²) in [6.07, 6.45) is 1.57. The lowest BCUT2D eigenvalue weighted by Crippen LogP contribution is -3.13. The van der Waals surface area contributed by atoms with Gasteiger partial charge >= 0.3 is 0 Å². The molecule has 0 aromatic rings. The lowest BCUT2D eigenvalue weighted by molar-refractivity contribution is -0.905. The number of nitrogens with one attached hydrogen (secondary N) is 1. The van der Waals surface area contributed by atoms with Crippen LogP contribution in [0.25, 0.3) is 0 Å². The van der Waals surface area contributed by atoms with Crippen LogP contribution in [0.2, 0.25) is 0 Å². The average molecular weight is 128 g/mol. The topological polar surface area (TPSA) is 21.5 Å². The molecule has 1 aliphatic heterocycles. The van der Waals surface area contributed by atoms with E-state index >= 15 is 0 Å². The van der Waals surface area contributed by atoms with Crippen LogP contribution in [-0.4, -0.2) is 25.4 Å². The number of carbonyl (C=O) groups is 1. The van der Waals surface area contributed by atoms with Crippen LogP contribution < -0.4 is 4.90 Å². The molecule has 0 saturated carbocycles. The molecule has 0 aliphatic carbocycles. The highest BCUT2D eigenvalue weighted by Gasteiger charge is 2.22. The Morgan fingerprint density at radius 3 is 2.78 bits per heavy atom. The van der Waals surface area contributed by atoms with Gasteiger partial charge in [-0.3, -0.25) is 4.79 Å². The largest absolute Gasteiger partial charge is 0.334 e. The van der Waals surface area contributed by atoms with Gasteiger partial charge in [-0.05, 0) is 6.92 Å². The first-order chi connectivity index (χ1) is 4.20. The van der Waals surface area contributed by atoms with Crippen molar-refractivity contribution < 1.29 is 9.69 Å². The van der Waals surface area contributed by atoms with E-state index in [4.69, 9.17) is 0 Å². The molecule has 0 spiro atoms. The van der Waals surface area contributed by atoms with Crippen LogP contribution in [0.1, 0.15) is 19.8 Å². The van der Waals surface area contributed by atoms with E-state index in [0.717, 1.165) is 19.4 Å². The first-order valence-corrected chi connectivity index (χ1v) is 3.54. The Kier molecular flexibility index (Phi) is 1.86. The maximum Gasteiger partial charge on any atom is 0.144 e. The van der Waals surface area contributed by atoms with E-state index in [1.165, 1.54) is 4.90 Å². The number of Topliss-reactive ketones (excluding diaryl/α,β-unsaturated/α-hetero) is 1. The van der Waals surface area contributed by atoms with E-state index in [-0.39, 0.29) is 0 Å². The van der Waals surface area contributed by atoms with Crippen molar-refractivity contribution in [3.05, 3.63) is 0 Å². The molecule has 0 bridgehead atoms. The Labute approximate surface area is 55.8 Å². The molecule has 0 radical (unpaired) electrons. The zero-order valence-corrected chi connectivity index (χ0v) is 6.11. The number of hydrogen-bond acceptors (Lipinski definition) is 1. The standard InChI is InChI=1S/C7H13NO/c1-6-5-7(9)3-4-8(6)2/h6H,3-5H2,1-2H3/p+1. The molecule has 1 heterocycles. The molecule has 2 atom stereocenters. The molecule has 1 fully saturated rings. The minimum absolute atomic E-state index is 0.438. The minimum Gasteiger partial charge on any atom is -0.334 e. The second-order valence-corrected chi connectivity index (χ2v) is 2.99. The van der Waals surface area contributed by atoms with Gasteiger partial charge in [-0.15, -0.1) is 0 Å². The lowest BCUT2D eigenvalue weighted by Gasteiger charge is -2.25. The van der Waals surface area contributed by atoms with Gasteiger partial charge in [0.2, 0.25) is 0 Å². The summed E-state index contributed by atoms with van der Waals surface area (Å²) in [7, 11) is 2.15. The normalized spacial score (nSPS) is 36.9. The molecule has 0 aromatic carbocycles. The van der Waals surface area contributed by atoms with E-state index in [0.29, 0.717) is 11.8 Å². The molecule has 2 nitrogen and oxygen atoms in total. The predicted octanol–water partition coefficient (Wildman–Crippen LogP) is -0.747. The number of piperidine rings is 1. The van der Waals surface area contributed by atoms with Crippen molar-refractivity contribution in [3.8, 4) is 0 Å². The third-order valence-electron chi connectivity index (χ3n) is 2.17. The van der Waals surface area contributed by atoms with Crippen molar-refractivity contribution in [3.63, 3.8) is 0 Å². The van der Waals surface area contributed by atoms with Crippen molar-refractivity contribution in [2.45, 2.75) is 25.8 Å². The van der Waals surface area contributed by atoms with Crippen molar-refractivity contribution in [1.29, 1.82) is 0 Å². The second-order valence-electron chi connectivity index (χ2n) is 2.99. The Morgan fingerprint density at radius 2 is 2.33 bits per heavy atom. The van der Waals surface area contributed by atoms with Gasteiger partial charge in [0.1, 0.15) is 5.78 Å². The van der Waals surface area contributed by atoms with Crippen molar-refractivity contribution >= 4 is 5.78 Å². The van der Waals surface area contributed by atoms with Gasteiger partial charge in [0.05, 0.1) is 32.5 Å². The zero-order valence-electron chi connectivity index (χ0n) is 6.11. The molecule has 2 unspecified atom stereocenters. The first-order valence-electron chi connectivity index (χ1n) is 3.54. The fraction of sp³-hybridized carbons (Fsp3) is 0.857. The lowest BCUT2D eigenvalue weighted by atomic mass is 10.0. The molecule has 1 saturated heterocycles. The number of rotatable bonds is 0. The summed E-state index contributed by atoms with van der Waals surface area (Å²) in [5, 5.41) is 0. The molecule has 52 valence electrons. The van der Waals surface area contributed by atoms with Gasteiger partial charge in [-0.25, -0.2) is 0 Å². The van der Waals surface area contributed by atoms with Gasteiger partial charge in [0, 0.05) is 0 Å². The number of carbonyl (C=O) groups excluding carboxylic acids is 1. The highest BCUT2D eigenvalue weighted by molar-refractivity contribution is 5.79. The van der Waals surface area contributed by atoms with Gasteiger partial charge in [-0.2, -0.15) is 0 Å². The number of quaternary nitrogens is 1. The van der Waals surface area contributed by atoms with Crippen LogP contribution in [-0.2, 0) is 4.79 Å². The average Bonchev–Trinajstić information content (AvgIpc) is 1.80. The third kappa shape index (κ3) is 1.52. The van der Waals surface area contributed by atoms with Crippen LogP contribution in [0, 0.1) is 0 Å². The molecule has 1 N–H and O–H groups in total. The molecular weight excluding hydrogens is 114 g/mol. The van der Waals surface area contributed by atoms with Crippen LogP contribution in [0.4, 0.5) is 0 Å². The van der Waals surface area contributed by atoms with E-state index in [2.05, 4.69) is 14.0 Å². The summed E-state index contributed by atoms with van der Waals surface area (Å²) in [6, 6.07) is 0.547. The minimum atomic E-state index is 0.438. The fourth-order valence-electron chi connectivity index (χ4n) is 1.20. The van der Waals surface area contributed by atoms with Crippen LogP contribution in [0.5, 0.6) is 0 Å². The monoisotopic (exact) mass is 128 g/mol. The molecule has 2 heteroatoms. The number of ketones is 1. The van der Waals surface area contributed by atoms with E-state index < -0.39 is 0 Å². The zero-order chi connectivity index (χ0) is 6.85. The Hall–Kier alpha value is -0.370. The maximum atomic E-state index is 10.8. The Bertz CT molecular complexity index is 122. The van der Waals surface area contributed by atoms with Crippen molar-refractivity contribution in [1.82, 2.24) is 0 Å².